The van der Waals surface area contributed by atoms with E-state index in [-0.39, 0.29) is 5.91 Å². The summed E-state index contributed by atoms with van der Waals surface area (Å²) in [4.78, 5) is 12.1. The quantitative estimate of drug-likeness (QED) is 0.611. The number of hydrogen-bond donors (Lipinski definition) is 2. The Morgan fingerprint density at radius 1 is 1.40 bits per heavy atom. The Bertz CT molecular complexity index is 603. The number of carbonyl (C=O) groups excluding carboxylic acids is 1. The molecular weight excluding hydrogens is 252 g/mol. The highest BCUT2D eigenvalue weighted by Gasteiger charge is 2.16. The molecule has 2 aromatic rings. The van der Waals surface area contributed by atoms with Gasteiger partial charge in [-0.2, -0.15) is 0 Å². The van der Waals surface area contributed by atoms with Crippen molar-refractivity contribution in [2.24, 2.45) is 5.73 Å². The number of aromatic nitrogens is 2. The highest BCUT2D eigenvalue weighted by molar-refractivity contribution is 5.97. The molecule has 5 heteroatoms. The van der Waals surface area contributed by atoms with Crippen LogP contribution in [0.15, 0.2) is 24.5 Å². The average Bonchev–Trinajstić information content (AvgIpc) is 2.84. The lowest BCUT2D eigenvalue weighted by Crippen LogP contribution is -2.30. The SMILES string of the molecule is CCn1c[n+](CC)c2ccc(C(=O)NCCCN)cc21. The van der Waals surface area contributed by atoms with Crippen LogP contribution in [-0.2, 0) is 13.1 Å². The first-order valence-corrected chi connectivity index (χ1v) is 7.21. The number of nitrogens with zero attached hydrogens (tertiary/aromatic N) is 2. The Labute approximate surface area is 119 Å². The molecular formula is C15H23N4O+. The van der Waals surface area contributed by atoms with E-state index in [1.54, 1.807) is 0 Å². The van der Waals surface area contributed by atoms with E-state index in [4.69, 9.17) is 5.73 Å². The summed E-state index contributed by atoms with van der Waals surface area (Å²) in [6.07, 6.45) is 2.90. The molecule has 1 heterocycles. The minimum Gasteiger partial charge on any atom is -0.352 e. The van der Waals surface area contributed by atoms with Gasteiger partial charge in [0.2, 0.25) is 6.33 Å². The molecule has 3 N–H and O–H groups in total. The van der Waals surface area contributed by atoms with E-state index >= 15 is 0 Å². The van der Waals surface area contributed by atoms with Crippen molar-refractivity contribution >= 4 is 16.9 Å². The number of amides is 1. The molecule has 0 fully saturated rings. The van der Waals surface area contributed by atoms with Crippen molar-refractivity contribution in [1.29, 1.82) is 0 Å². The monoisotopic (exact) mass is 275 g/mol. The first-order valence-electron chi connectivity index (χ1n) is 7.21. The fraction of sp³-hybridized carbons (Fsp3) is 0.467. The fourth-order valence-corrected chi connectivity index (χ4v) is 2.34. The third-order valence-corrected chi connectivity index (χ3v) is 3.48. The minimum atomic E-state index is -0.0350. The number of nitrogens with one attached hydrogen (secondary N) is 1. The predicted molar refractivity (Wildman–Crippen MR) is 79.5 cm³/mol. The third kappa shape index (κ3) is 2.82. The third-order valence-electron chi connectivity index (χ3n) is 3.48. The van der Waals surface area contributed by atoms with E-state index in [2.05, 4.69) is 34.6 Å². The summed E-state index contributed by atoms with van der Waals surface area (Å²) < 4.78 is 4.35. The minimum absolute atomic E-state index is 0.0350. The first-order chi connectivity index (χ1) is 9.71. The van der Waals surface area contributed by atoms with Crippen molar-refractivity contribution in [3.63, 3.8) is 0 Å². The van der Waals surface area contributed by atoms with Gasteiger partial charge in [0.1, 0.15) is 0 Å². The van der Waals surface area contributed by atoms with Crippen LogP contribution in [0.3, 0.4) is 0 Å². The Balaban J connectivity index is 2.30. The van der Waals surface area contributed by atoms with Crippen LogP contribution in [0.5, 0.6) is 0 Å². The van der Waals surface area contributed by atoms with Crippen molar-refractivity contribution in [3.05, 3.63) is 30.1 Å². The number of benzene rings is 1. The van der Waals surface area contributed by atoms with Gasteiger partial charge >= 0.3 is 0 Å². The Hall–Kier alpha value is -1.88. The van der Waals surface area contributed by atoms with Gasteiger partial charge in [-0.1, -0.05) is 0 Å². The number of imidazole rings is 1. The van der Waals surface area contributed by atoms with Crippen LogP contribution in [0, 0.1) is 0 Å². The van der Waals surface area contributed by atoms with Gasteiger partial charge in [0, 0.05) is 18.2 Å². The van der Waals surface area contributed by atoms with E-state index in [9.17, 15) is 4.79 Å². The maximum Gasteiger partial charge on any atom is 0.251 e. The number of carbonyl (C=O) groups is 1. The second kappa shape index (κ2) is 6.52. The summed E-state index contributed by atoms with van der Waals surface area (Å²) in [5.41, 5.74) is 8.38. The molecule has 1 aromatic heterocycles. The molecule has 0 bridgehead atoms. The summed E-state index contributed by atoms with van der Waals surface area (Å²) in [6, 6.07) is 5.86. The van der Waals surface area contributed by atoms with Gasteiger partial charge in [-0.05, 0) is 38.9 Å². The van der Waals surface area contributed by atoms with Crippen molar-refractivity contribution in [2.75, 3.05) is 13.1 Å². The summed E-state index contributed by atoms with van der Waals surface area (Å²) in [5, 5.41) is 2.89. The first kappa shape index (κ1) is 14.5. The highest BCUT2D eigenvalue weighted by Crippen LogP contribution is 2.14. The van der Waals surface area contributed by atoms with Crippen molar-refractivity contribution < 1.29 is 9.36 Å². The number of rotatable bonds is 6. The van der Waals surface area contributed by atoms with Crippen LogP contribution >= 0.6 is 0 Å². The lowest BCUT2D eigenvalue weighted by molar-refractivity contribution is -0.668. The van der Waals surface area contributed by atoms with Crippen LogP contribution < -0.4 is 15.6 Å². The molecule has 1 amide bonds. The maximum atomic E-state index is 12.1. The van der Waals surface area contributed by atoms with Gasteiger partial charge in [-0.25, -0.2) is 9.13 Å². The zero-order chi connectivity index (χ0) is 14.5. The van der Waals surface area contributed by atoms with Gasteiger partial charge < -0.3 is 11.1 Å². The number of hydrogen-bond acceptors (Lipinski definition) is 2. The van der Waals surface area contributed by atoms with E-state index in [1.165, 1.54) is 0 Å². The predicted octanol–water partition coefficient (Wildman–Crippen LogP) is 1.05. The van der Waals surface area contributed by atoms with Crippen LogP contribution in [0.2, 0.25) is 0 Å². The molecule has 0 aliphatic carbocycles. The molecule has 5 nitrogen and oxygen atoms in total. The molecule has 108 valence electrons. The number of nitrogens with two attached hydrogens (primary N) is 1. The lowest BCUT2D eigenvalue weighted by Gasteiger charge is -2.04. The van der Waals surface area contributed by atoms with Gasteiger partial charge in [-0.3, -0.25) is 4.79 Å². The van der Waals surface area contributed by atoms with Crippen molar-refractivity contribution in [1.82, 2.24) is 9.88 Å². The van der Waals surface area contributed by atoms with E-state index in [1.807, 2.05) is 18.2 Å². The zero-order valence-electron chi connectivity index (χ0n) is 12.2. The van der Waals surface area contributed by atoms with Crippen LogP contribution in [0.25, 0.3) is 11.0 Å². The normalized spacial score (nSPS) is 10.9. The number of fused-ring (bicyclic) bond motifs is 1. The lowest BCUT2D eigenvalue weighted by atomic mass is 10.2. The molecule has 0 spiro atoms. The summed E-state index contributed by atoms with van der Waals surface area (Å²) >= 11 is 0. The van der Waals surface area contributed by atoms with E-state index < -0.39 is 0 Å². The summed E-state index contributed by atoms with van der Waals surface area (Å²) in [5.74, 6) is -0.0350. The molecule has 20 heavy (non-hydrogen) atoms. The molecule has 0 saturated carbocycles. The molecule has 1 aromatic carbocycles. The maximum absolute atomic E-state index is 12.1. The second-order valence-electron chi connectivity index (χ2n) is 4.79. The molecule has 0 atom stereocenters. The van der Waals surface area contributed by atoms with Gasteiger partial charge in [0.15, 0.2) is 11.0 Å². The summed E-state index contributed by atoms with van der Waals surface area (Å²) in [7, 11) is 0. The Morgan fingerprint density at radius 2 is 2.20 bits per heavy atom. The molecule has 0 radical (unpaired) electrons. The van der Waals surface area contributed by atoms with Crippen LogP contribution in [0.4, 0.5) is 0 Å². The van der Waals surface area contributed by atoms with Gasteiger partial charge in [-0.15, -0.1) is 0 Å². The molecule has 0 aliphatic heterocycles. The van der Waals surface area contributed by atoms with Gasteiger partial charge in [0.25, 0.3) is 5.91 Å². The topological polar surface area (TPSA) is 63.9 Å². The van der Waals surface area contributed by atoms with Crippen LogP contribution in [0.1, 0.15) is 30.6 Å². The largest absolute Gasteiger partial charge is 0.352 e. The smallest absolute Gasteiger partial charge is 0.251 e. The van der Waals surface area contributed by atoms with E-state index in [0.717, 1.165) is 30.5 Å². The summed E-state index contributed by atoms with van der Waals surface area (Å²) in [6.45, 7) is 7.25. The molecule has 0 unspecified atom stereocenters. The second-order valence-corrected chi connectivity index (χ2v) is 4.79. The molecule has 0 saturated heterocycles. The Kier molecular flexibility index (Phi) is 4.74. The average molecular weight is 275 g/mol. The van der Waals surface area contributed by atoms with Crippen molar-refractivity contribution in [2.45, 2.75) is 33.4 Å². The standard InChI is InChI=1S/C15H22N4O/c1-3-18-11-19(4-2)14-10-12(6-7-13(14)18)15(20)17-9-5-8-16/h6-7,10-11H,3-5,8-9,16H2,1-2H3/p+1. The number of aryl methyl sites for hydroxylation is 2. The molecule has 0 aliphatic rings. The van der Waals surface area contributed by atoms with E-state index in [0.29, 0.717) is 18.7 Å². The molecule has 2 rings (SSSR count). The van der Waals surface area contributed by atoms with Crippen LogP contribution in [-0.4, -0.2) is 23.6 Å². The Morgan fingerprint density at radius 3 is 2.85 bits per heavy atom. The van der Waals surface area contributed by atoms with Crippen molar-refractivity contribution in [3.8, 4) is 0 Å². The fourth-order valence-electron chi connectivity index (χ4n) is 2.34. The zero-order valence-corrected chi connectivity index (χ0v) is 12.2. The van der Waals surface area contributed by atoms with Gasteiger partial charge in [0.05, 0.1) is 13.1 Å². The highest BCUT2D eigenvalue weighted by atomic mass is 16.1.